The maximum Gasteiger partial charge on any atom is 0.206 e. The molecule has 0 fully saturated rings. The molecule has 16 heavy (non-hydrogen) atoms. The number of pyridine rings is 1. The van der Waals surface area contributed by atoms with E-state index < -0.39 is 0 Å². The van der Waals surface area contributed by atoms with E-state index in [1.807, 2.05) is 29.8 Å². The van der Waals surface area contributed by atoms with Gasteiger partial charge in [0.05, 0.1) is 0 Å². The molecule has 84 valence electrons. The number of ketones is 1. The first-order valence-corrected chi connectivity index (χ1v) is 5.05. The fourth-order valence-corrected chi connectivity index (χ4v) is 1.75. The lowest BCUT2D eigenvalue weighted by atomic mass is 10.1. The summed E-state index contributed by atoms with van der Waals surface area (Å²) in [6.07, 6.45) is 2.03. The van der Waals surface area contributed by atoms with Crippen molar-refractivity contribution in [3.63, 3.8) is 0 Å². The Kier molecular flexibility index (Phi) is 4.19. The highest BCUT2D eigenvalue weighted by Gasteiger charge is 2.10. The van der Waals surface area contributed by atoms with Crippen LogP contribution in [0.2, 0.25) is 0 Å². The molecular weight excluding hydrogens is 266 g/mol. The molecular formula is C13H14BrNO. The molecule has 2 nitrogen and oxygen atoms in total. The van der Waals surface area contributed by atoms with Gasteiger partial charge in [-0.05, 0) is 11.5 Å². The second kappa shape index (κ2) is 5.21. The number of aromatic nitrogens is 1. The van der Waals surface area contributed by atoms with Gasteiger partial charge >= 0.3 is 0 Å². The van der Waals surface area contributed by atoms with E-state index in [4.69, 9.17) is 0 Å². The average molecular weight is 280 g/mol. The van der Waals surface area contributed by atoms with E-state index in [-0.39, 0.29) is 22.8 Å². The summed E-state index contributed by atoms with van der Waals surface area (Å²) in [6.45, 7) is 4.09. The molecule has 2 aromatic rings. The van der Waals surface area contributed by atoms with Crippen LogP contribution in [0.25, 0.3) is 10.8 Å². The molecule has 1 heterocycles. The molecule has 0 unspecified atom stereocenters. The predicted octanol–water partition coefficient (Wildman–Crippen LogP) is -0.971. The Morgan fingerprint density at radius 1 is 1.25 bits per heavy atom. The van der Waals surface area contributed by atoms with Crippen LogP contribution in [-0.2, 0) is 11.3 Å². The molecule has 0 amide bonds. The molecule has 0 aliphatic rings. The second-order valence-corrected chi connectivity index (χ2v) is 3.87. The van der Waals surface area contributed by atoms with Crippen LogP contribution in [0.3, 0.4) is 0 Å². The van der Waals surface area contributed by atoms with Crippen molar-refractivity contribution in [3.8, 4) is 0 Å². The highest BCUT2D eigenvalue weighted by atomic mass is 79.9. The van der Waals surface area contributed by atoms with Crippen LogP contribution < -0.4 is 21.5 Å². The monoisotopic (exact) mass is 279 g/mol. The van der Waals surface area contributed by atoms with E-state index in [0.29, 0.717) is 6.54 Å². The molecule has 0 aliphatic heterocycles. The fourth-order valence-electron chi connectivity index (χ4n) is 1.75. The number of halogens is 1. The standard InChI is InChI=1S/C13H14NO.BrH/c1-10-7-12-5-3-4-6-13(12)9-14(10)8-11(2)15;/h3-7,9H,8H2,1-2H3;1H/q+1;/p-1. The van der Waals surface area contributed by atoms with Crippen LogP contribution in [0.5, 0.6) is 0 Å². The van der Waals surface area contributed by atoms with Crippen LogP contribution in [-0.4, -0.2) is 5.78 Å². The van der Waals surface area contributed by atoms with Crippen LogP contribution in [0.4, 0.5) is 0 Å². The van der Waals surface area contributed by atoms with E-state index in [0.717, 1.165) is 5.69 Å². The Balaban J connectivity index is 0.00000128. The van der Waals surface area contributed by atoms with Crippen LogP contribution >= 0.6 is 0 Å². The number of Topliss-reactive ketones (excluding diaryl/α,β-unsaturated/α-hetero) is 1. The Morgan fingerprint density at radius 2 is 1.88 bits per heavy atom. The van der Waals surface area contributed by atoms with Crippen LogP contribution in [0.1, 0.15) is 12.6 Å². The number of hydrogen-bond acceptors (Lipinski definition) is 1. The molecule has 0 bridgehead atoms. The Hall–Kier alpha value is -1.22. The maximum atomic E-state index is 11.1. The van der Waals surface area contributed by atoms with E-state index in [1.54, 1.807) is 6.92 Å². The van der Waals surface area contributed by atoms with Gasteiger partial charge in [-0.2, -0.15) is 4.57 Å². The van der Waals surface area contributed by atoms with Crippen LogP contribution in [0, 0.1) is 6.92 Å². The number of hydrogen-bond donors (Lipinski definition) is 0. The van der Waals surface area contributed by atoms with Crippen molar-refractivity contribution in [2.24, 2.45) is 0 Å². The molecule has 0 aliphatic carbocycles. The summed E-state index contributed by atoms with van der Waals surface area (Å²) in [4.78, 5) is 11.1. The average Bonchev–Trinajstić information content (AvgIpc) is 2.18. The fraction of sp³-hybridized carbons (Fsp3) is 0.231. The van der Waals surface area contributed by atoms with Crippen LogP contribution in [0.15, 0.2) is 36.5 Å². The number of rotatable bonds is 2. The topological polar surface area (TPSA) is 20.9 Å². The molecule has 3 heteroatoms. The van der Waals surface area contributed by atoms with Gasteiger partial charge in [-0.1, -0.05) is 18.2 Å². The molecule has 0 atom stereocenters. The van der Waals surface area contributed by atoms with E-state index >= 15 is 0 Å². The minimum atomic E-state index is 0. The number of carbonyl (C=O) groups is 1. The molecule has 1 aromatic heterocycles. The lowest BCUT2D eigenvalue weighted by molar-refractivity contribution is -0.688. The van der Waals surface area contributed by atoms with Gasteiger partial charge in [0.1, 0.15) is 0 Å². The van der Waals surface area contributed by atoms with Crippen molar-refractivity contribution in [1.82, 2.24) is 0 Å². The van der Waals surface area contributed by atoms with Gasteiger partial charge in [0, 0.05) is 25.3 Å². The SMILES string of the molecule is CC(=O)C[n+]1cc2ccccc2cc1C.[Br-]. The summed E-state index contributed by atoms with van der Waals surface area (Å²) in [7, 11) is 0. The highest BCUT2D eigenvalue weighted by molar-refractivity contribution is 5.81. The number of carbonyl (C=O) groups excluding carboxylic acids is 1. The molecule has 2 rings (SSSR count). The van der Waals surface area contributed by atoms with Gasteiger partial charge in [0.2, 0.25) is 6.54 Å². The number of benzene rings is 1. The predicted molar refractivity (Wildman–Crippen MR) is 59.6 cm³/mol. The van der Waals surface area contributed by atoms with E-state index in [9.17, 15) is 4.79 Å². The summed E-state index contributed by atoms with van der Waals surface area (Å²) in [6, 6.07) is 10.3. The zero-order valence-electron chi connectivity index (χ0n) is 9.40. The van der Waals surface area contributed by atoms with Gasteiger partial charge in [-0.25, -0.2) is 0 Å². The van der Waals surface area contributed by atoms with Gasteiger partial charge < -0.3 is 17.0 Å². The minimum Gasteiger partial charge on any atom is -1.00 e. The molecule has 0 spiro atoms. The third-order valence-corrected chi connectivity index (χ3v) is 2.50. The van der Waals surface area contributed by atoms with Crippen molar-refractivity contribution in [1.29, 1.82) is 0 Å². The normalized spacial score (nSPS) is 9.88. The van der Waals surface area contributed by atoms with Crippen molar-refractivity contribution in [2.45, 2.75) is 20.4 Å². The highest BCUT2D eigenvalue weighted by Crippen LogP contribution is 2.11. The summed E-state index contributed by atoms with van der Waals surface area (Å²) in [5, 5.41) is 2.39. The zero-order chi connectivity index (χ0) is 10.8. The smallest absolute Gasteiger partial charge is 0.206 e. The molecule has 0 N–H and O–H groups in total. The molecule has 0 saturated carbocycles. The summed E-state index contributed by atoms with van der Waals surface area (Å²) < 4.78 is 1.99. The van der Waals surface area contributed by atoms with E-state index in [2.05, 4.69) is 18.2 Å². The van der Waals surface area contributed by atoms with Gasteiger partial charge in [-0.15, -0.1) is 0 Å². The first-order chi connectivity index (χ1) is 7.16. The van der Waals surface area contributed by atoms with Crippen molar-refractivity contribution in [3.05, 3.63) is 42.2 Å². The summed E-state index contributed by atoms with van der Waals surface area (Å²) >= 11 is 0. The summed E-state index contributed by atoms with van der Waals surface area (Å²) in [5.74, 6) is 0.179. The quantitative estimate of drug-likeness (QED) is 0.648. The summed E-state index contributed by atoms with van der Waals surface area (Å²) in [5.41, 5.74) is 1.11. The molecule has 0 saturated heterocycles. The van der Waals surface area contributed by atoms with Crippen molar-refractivity contribution >= 4 is 16.6 Å². The van der Waals surface area contributed by atoms with Gasteiger partial charge in [0.25, 0.3) is 0 Å². The largest absolute Gasteiger partial charge is 1.00 e. The lowest BCUT2D eigenvalue weighted by Crippen LogP contribution is -3.00. The Bertz CT molecular complexity index is 522. The molecule has 1 aromatic carbocycles. The third kappa shape index (κ3) is 2.67. The second-order valence-electron chi connectivity index (χ2n) is 3.87. The Morgan fingerprint density at radius 3 is 2.50 bits per heavy atom. The van der Waals surface area contributed by atoms with Gasteiger partial charge in [-0.3, -0.25) is 4.79 Å². The molecule has 0 radical (unpaired) electrons. The first-order valence-electron chi connectivity index (χ1n) is 5.05. The first kappa shape index (κ1) is 12.8. The minimum absolute atomic E-state index is 0. The van der Waals surface area contributed by atoms with E-state index in [1.165, 1.54) is 10.8 Å². The van der Waals surface area contributed by atoms with Crippen molar-refractivity contribution in [2.75, 3.05) is 0 Å². The number of nitrogens with zero attached hydrogens (tertiary/aromatic N) is 1. The van der Waals surface area contributed by atoms with Crippen molar-refractivity contribution < 1.29 is 26.3 Å². The number of aryl methyl sites for hydroxylation is 1. The Labute approximate surface area is 106 Å². The number of fused-ring (bicyclic) bond motifs is 1. The zero-order valence-corrected chi connectivity index (χ0v) is 11.0. The lowest BCUT2D eigenvalue weighted by Gasteiger charge is -2.00. The van der Waals surface area contributed by atoms with Gasteiger partial charge in [0.15, 0.2) is 17.7 Å². The maximum absolute atomic E-state index is 11.1. The third-order valence-electron chi connectivity index (χ3n) is 2.50.